The molecule has 1 saturated heterocycles. The molecule has 1 rings (SSSR count). The summed E-state index contributed by atoms with van der Waals surface area (Å²) in [6, 6.07) is -2.70. The van der Waals surface area contributed by atoms with Crippen molar-refractivity contribution in [2.75, 3.05) is 0 Å². The van der Waals surface area contributed by atoms with Gasteiger partial charge in [-0.15, -0.1) is 12.4 Å². The highest BCUT2D eigenvalue weighted by molar-refractivity contribution is 5.85. The molecule has 2 N–H and O–H groups in total. The van der Waals surface area contributed by atoms with Crippen LogP contribution in [0.1, 0.15) is 12.8 Å². The molecule has 2 atom stereocenters. The smallest absolute Gasteiger partial charge is 0.403 e. The number of halogens is 4. The second kappa shape index (κ2) is 4.15. The maximum Gasteiger partial charge on any atom is 0.403 e. The fourth-order valence-electron chi connectivity index (χ4n) is 1.20. The Bertz CT molecular complexity index is 197. The average Bonchev–Trinajstić information content (AvgIpc) is 2.30. The zero-order valence-electron chi connectivity index (χ0n) is 6.47. The van der Waals surface area contributed by atoms with E-state index in [0.29, 0.717) is 0 Å². The molecule has 0 aliphatic carbocycles. The molecule has 2 unspecified atom stereocenters. The molecule has 1 aliphatic heterocycles. The van der Waals surface area contributed by atoms with Crippen molar-refractivity contribution in [1.29, 1.82) is 0 Å². The lowest BCUT2D eigenvalue weighted by molar-refractivity contribution is -0.154. The van der Waals surface area contributed by atoms with Crippen molar-refractivity contribution in [2.24, 2.45) is 0 Å². The van der Waals surface area contributed by atoms with Gasteiger partial charge in [-0.2, -0.15) is 13.2 Å². The Hall–Kier alpha value is -0.490. The second-order valence-electron chi connectivity index (χ2n) is 2.73. The first-order chi connectivity index (χ1) is 5.41. The zero-order chi connectivity index (χ0) is 9.35. The van der Waals surface area contributed by atoms with Gasteiger partial charge in [0.2, 0.25) is 0 Å². The molecular weight excluding hydrogens is 211 g/mol. The predicted molar refractivity (Wildman–Crippen MR) is 40.9 cm³/mol. The van der Waals surface area contributed by atoms with Gasteiger partial charge >= 0.3 is 12.1 Å². The summed E-state index contributed by atoms with van der Waals surface area (Å²) in [6.45, 7) is 0. The largest absolute Gasteiger partial charge is 0.480 e. The van der Waals surface area contributed by atoms with Gasteiger partial charge in [0.25, 0.3) is 0 Å². The maximum absolute atomic E-state index is 11.9. The Labute approximate surface area is 78.7 Å². The normalized spacial score (nSPS) is 28.2. The van der Waals surface area contributed by atoms with Crippen molar-refractivity contribution in [3.63, 3.8) is 0 Å². The van der Waals surface area contributed by atoms with Crippen LogP contribution in [-0.4, -0.2) is 29.3 Å². The number of carbonyl (C=O) groups is 1. The van der Waals surface area contributed by atoms with Crippen molar-refractivity contribution in [3.05, 3.63) is 0 Å². The molecule has 0 amide bonds. The SMILES string of the molecule is Cl.O=C(O)C1CCC(C(F)(F)F)N1. The van der Waals surface area contributed by atoms with Gasteiger partial charge in [0.05, 0.1) is 0 Å². The molecule has 0 aromatic carbocycles. The Morgan fingerprint density at radius 1 is 1.38 bits per heavy atom. The fraction of sp³-hybridized carbons (Fsp3) is 0.833. The summed E-state index contributed by atoms with van der Waals surface area (Å²) in [5.41, 5.74) is 0. The highest BCUT2D eigenvalue weighted by Gasteiger charge is 2.45. The molecule has 1 heterocycles. The van der Waals surface area contributed by atoms with Gasteiger partial charge in [-0.1, -0.05) is 0 Å². The molecule has 0 saturated carbocycles. The van der Waals surface area contributed by atoms with Crippen LogP contribution in [0.15, 0.2) is 0 Å². The van der Waals surface area contributed by atoms with Gasteiger partial charge in [0.15, 0.2) is 0 Å². The number of hydrogen-bond donors (Lipinski definition) is 2. The summed E-state index contributed by atoms with van der Waals surface area (Å²) in [5.74, 6) is -1.22. The first kappa shape index (κ1) is 12.5. The zero-order valence-corrected chi connectivity index (χ0v) is 7.28. The van der Waals surface area contributed by atoms with Crippen LogP contribution in [0, 0.1) is 0 Å². The lowest BCUT2D eigenvalue weighted by atomic mass is 10.2. The number of hydrogen-bond acceptors (Lipinski definition) is 2. The number of aliphatic carboxylic acids is 1. The molecule has 0 radical (unpaired) electrons. The third-order valence-corrected chi connectivity index (χ3v) is 1.84. The monoisotopic (exact) mass is 219 g/mol. The Morgan fingerprint density at radius 2 is 1.92 bits per heavy atom. The maximum atomic E-state index is 11.9. The molecule has 0 spiro atoms. The van der Waals surface area contributed by atoms with Gasteiger partial charge in [0.1, 0.15) is 12.1 Å². The summed E-state index contributed by atoms with van der Waals surface area (Å²) in [6.07, 6.45) is -4.44. The van der Waals surface area contributed by atoms with Crippen LogP contribution in [0.3, 0.4) is 0 Å². The van der Waals surface area contributed by atoms with Gasteiger partial charge in [-0.3, -0.25) is 10.1 Å². The molecule has 1 aliphatic rings. The van der Waals surface area contributed by atoms with Crippen molar-refractivity contribution in [2.45, 2.75) is 31.1 Å². The van der Waals surface area contributed by atoms with Crippen molar-refractivity contribution in [1.82, 2.24) is 5.32 Å². The second-order valence-corrected chi connectivity index (χ2v) is 2.73. The van der Waals surface area contributed by atoms with Crippen LogP contribution in [0.5, 0.6) is 0 Å². The van der Waals surface area contributed by atoms with E-state index in [1.807, 2.05) is 5.32 Å². The van der Waals surface area contributed by atoms with E-state index in [-0.39, 0.29) is 25.2 Å². The lowest BCUT2D eigenvalue weighted by Crippen LogP contribution is -2.43. The third-order valence-electron chi connectivity index (χ3n) is 1.84. The van der Waals surface area contributed by atoms with Crippen LogP contribution in [0.4, 0.5) is 13.2 Å². The van der Waals surface area contributed by atoms with E-state index in [0.717, 1.165) is 0 Å². The molecule has 0 aromatic rings. The quantitative estimate of drug-likeness (QED) is 0.696. The van der Waals surface area contributed by atoms with Crippen LogP contribution in [-0.2, 0) is 4.79 Å². The van der Waals surface area contributed by atoms with Crippen LogP contribution >= 0.6 is 12.4 Å². The lowest BCUT2D eigenvalue weighted by Gasteiger charge is -2.14. The Kier molecular flexibility index (Phi) is 3.99. The van der Waals surface area contributed by atoms with Gasteiger partial charge in [0, 0.05) is 0 Å². The molecule has 13 heavy (non-hydrogen) atoms. The van der Waals surface area contributed by atoms with Crippen molar-refractivity contribution >= 4 is 18.4 Å². The predicted octanol–water partition coefficient (Wildman–Crippen LogP) is 1.18. The standard InChI is InChI=1S/C6H8F3NO2.ClH/c7-6(8,9)4-2-1-3(10-4)5(11)12;/h3-4,10H,1-2H2,(H,11,12);1H. The first-order valence-electron chi connectivity index (χ1n) is 3.47. The number of rotatable bonds is 1. The number of alkyl halides is 3. The first-order valence-corrected chi connectivity index (χ1v) is 3.47. The number of carboxylic acids is 1. The highest BCUT2D eigenvalue weighted by atomic mass is 35.5. The minimum atomic E-state index is -4.33. The minimum absolute atomic E-state index is 0. The van der Waals surface area contributed by atoms with E-state index < -0.39 is 24.2 Å². The van der Waals surface area contributed by atoms with Crippen LogP contribution < -0.4 is 5.32 Å². The van der Waals surface area contributed by atoms with E-state index in [2.05, 4.69) is 0 Å². The fourth-order valence-corrected chi connectivity index (χ4v) is 1.20. The summed E-state index contributed by atoms with van der Waals surface area (Å²) >= 11 is 0. The Morgan fingerprint density at radius 3 is 2.15 bits per heavy atom. The van der Waals surface area contributed by atoms with E-state index in [1.165, 1.54) is 0 Å². The number of carboxylic acid groups (broad SMARTS) is 1. The van der Waals surface area contributed by atoms with E-state index in [9.17, 15) is 18.0 Å². The van der Waals surface area contributed by atoms with Crippen LogP contribution in [0.25, 0.3) is 0 Å². The van der Waals surface area contributed by atoms with Crippen molar-refractivity contribution < 1.29 is 23.1 Å². The molecule has 3 nitrogen and oxygen atoms in total. The minimum Gasteiger partial charge on any atom is -0.480 e. The third kappa shape index (κ3) is 3.04. The summed E-state index contributed by atoms with van der Waals surface area (Å²) in [4.78, 5) is 10.2. The summed E-state index contributed by atoms with van der Waals surface area (Å²) in [7, 11) is 0. The molecule has 0 aromatic heterocycles. The average molecular weight is 220 g/mol. The van der Waals surface area contributed by atoms with Crippen LogP contribution in [0.2, 0.25) is 0 Å². The van der Waals surface area contributed by atoms with Gasteiger partial charge in [-0.05, 0) is 12.8 Å². The summed E-state index contributed by atoms with van der Waals surface area (Å²) < 4.78 is 35.8. The molecular formula is C6H9ClF3NO2. The molecule has 1 fully saturated rings. The van der Waals surface area contributed by atoms with Gasteiger partial charge < -0.3 is 5.11 Å². The van der Waals surface area contributed by atoms with E-state index in [4.69, 9.17) is 5.11 Å². The molecule has 7 heteroatoms. The van der Waals surface area contributed by atoms with E-state index in [1.54, 1.807) is 0 Å². The Balaban J connectivity index is 0.00000144. The van der Waals surface area contributed by atoms with E-state index >= 15 is 0 Å². The highest BCUT2D eigenvalue weighted by Crippen LogP contribution is 2.28. The van der Waals surface area contributed by atoms with Crippen molar-refractivity contribution in [3.8, 4) is 0 Å². The number of nitrogens with one attached hydrogen (secondary N) is 1. The molecule has 78 valence electrons. The van der Waals surface area contributed by atoms with Gasteiger partial charge in [-0.25, -0.2) is 0 Å². The topological polar surface area (TPSA) is 49.3 Å². The molecule has 0 bridgehead atoms. The summed E-state index contributed by atoms with van der Waals surface area (Å²) in [5, 5.41) is 10.4.